The van der Waals surface area contributed by atoms with Gasteiger partial charge in [-0.15, -0.1) is 0 Å². The molecule has 3 heteroatoms. The molecule has 0 amide bonds. The van der Waals surface area contributed by atoms with Crippen LogP contribution in [0.15, 0.2) is 24.3 Å². The van der Waals surface area contributed by atoms with Crippen LogP contribution in [-0.2, 0) is 0 Å². The summed E-state index contributed by atoms with van der Waals surface area (Å²) in [7, 11) is 0. The van der Waals surface area contributed by atoms with Gasteiger partial charge >= 0.3 is 0 Å². The van der Waals surface area contributed by atoms with E-state index in [0.717, 1.165) is 25.3 Å². The zero-order valence-electron chi connectivity index (χ0n) is 10.9. The van der Waals surface area contributed by atoms with Crippen molar-refractivity contribution in [1.29, 1.82) is 0 Å². The highest BCUT2D eigenvalue weighted by Crippen LogP contribution is 2.16. The van der Waals surface area contributed by atoms with Crippen LogP contribution in [0.5, 0.6) is 5.75 Å². The van der Waals surface area contributed by atoms with Gasteiger partial charge in [-0.2, -0.15) is 0 Å². The Balaban J connectivity index is 2.41. The summed E-state index contributed by atoms with van der Waals surface area (Å²) in [4.78, 5) is 0. The molecule has 0 bridgehead atoms. The van der Waals surface area contributed by atoms with E-state index in [1.54, 1.807) is 0 Å². The van der Waals surface area contributed by atoms with Gasteiger partial charge in [0.05, 0.1) is 0 Å². The van der Waals surface area contributed by atoms with Crippen LogP contribution in [0.3, 0.4) is 0 Å². The molecule has 1 N–H and O–H groups in total. The fourth-order valence-electron chi connectivity index (χ4n) is 1.54. The van der Waals surface area contributed by atoms with Crippen molar-refractivity contribution in [3.63, 3.8) is 0 Å². The van der Waals surface area contributed by atoms with Gasteiger partial charge in [0.1, 0.15) is 11.9 Å². The third kappa shape index (κ3) is 6.27. The summed E-state index contributed by atoms with van der Waals surface area (Å²) in [5.74, 6) is 1.65. The summed E-state index contributed by atoms with van der Waals surface area (Å²) >= 11 is 2.31. The van der Waals surface area contributed by atoms with Crippen LogP contribution >= 0.6 is 22.6 Å². The van der Waals surface area contributed by atoms with Crippen LogP contribution in [0.25, 0.3) is 0 Å². The first-order chi connectivity index (χ1) is 8.11. The zero-order chi connectivity index (χ0) is 12.7. The highest BCUT2D eigenvalue weighted by Gasteiger charge is 2.08. The van der Waals surface area contributed by atoms with E-state index in [4.69, 9.17) is 4.74 Å². The minimum atomic E-state index is 0.256. The molecule has 0 fully saturated rings. The van der Waals surface area contributed by atoms with Gasteiger partial charge in [0, 0.05) is 10.1 Å². The van der Waals surface area contributed by atoms with Crippen molar-refractivity contribution in [3.05, 3.63) is 27.8 Å². The van der Waals surface area contributed by atoms with Gasteiger partial charge in [0.25, 0.3) is 0 Å². The molecule has 96 valence electrons. The second kappa shape index (κ2) is 7.93. The topological polar surface area (TPSA) is 21.3 Å². The Bertz CT molecular complexity index is 328. The Morgan fingerprint density at radius 2 is 2.06 bits per heavy atom. The van der Waals surface area contributed by atoms with Gasteiger partial charge in [0.15, 0.2) is 0 Å². The molecule has 1 aromatic rings. The SMILES string of the molecule is CCC(CNCC(C)C)Oc1cccc(I)c1. The largest absolute Gasteiger partial charge is 0.489 e. The molecule has 0 aliphatic carbocycles. The highest BCUT2D eigenvalue weighted by molar-refractivity contribution is 14.1. The molecule has 17 heavy (non-hydrogen) atoms. The first-order valence-corrected chi connectivity index (χ1v) is 7.32. The fourth-order valence-corrected chi connectivity index (χ4v) is 2.05. The molecular weight excluding hydrogens is 325 g/mol. The number of ether oxygens (including phenoxy) is 1. The number of rotatable bonds is 7. The Morgan fingerprint density at radius 1 is 1.29 bits per heavy atom. The maximum Gasteiger partial charge on any atom is 0.120 e. The summed E-state index contributed by atoms with van der Waals surface area (Å²) in [6.07, 6.45) is 1.28. The van der Waals surface area contributed by atoms with Crippen molar-refractivity contribution in [1.82, 2.24) is 5.32 Å². The van der Waals surface area contributed by atoms with Crippen molar-refractivity contribution >= 4 is 22.6 Å². The van der Waals surface area contributed by atoms with E-state index < -0.39 is 0 Å². The van der Waals surface area contributed by atoms with E-state index in [2.05, 4.69) is 60.8 Å². The summed E-state index contributed by atoms with van der Waals surface area (Å²) < 4.78 is 7.17. The Hall–Kier alpha value is -0.290. The van der Waals surface area contributed by atoms with Crippen LogP contribution in [0, 0.1) is 9.49 Å². The second-order valence-electron chi connectivity index (χ2n) is 4.66. The number of halogens is 1. The van der Waals surface area contributed by atoms with Crippen LogP contribution in [-0.4, -0.2) is 19.2 Å². The molecule has 0 aliphatic rings. The summed E-state index contributed by atoms with van der Waals surface area (Å²) in [6, 6.07) is 8.20. The smallest absolute Gasteiger partial charge is 0.120 e. The zero-order valence-corrected chi connectivity index (χ0v) is 13.0. The van der Waals surface area contributed by atoms with E-state index in [0.29, 0.717) is 5.92 Å². The lowest BCUT2D eigenvalue weighted by Gasteiger charge is -2.19. The van der Waals surface area contributed by atoms with Crippen molar-refractivity contribution in [2.24, 2.45) is 5.92 Å². The molecule has 0 saturated heterocycles. The summed E-state index contributed by atoms with van der Waals surface area (Å²) in [5, 5.41) is 3.44. The number of benzene rings is 1. The van der Waals surface area contributed by atoms with E-state index in [9.17, 15) is 0 Å². The third-order valence-electron chi connectivity index (χ3n) is 2.48. The number of hydrogen-bond acceptors (Lipinski definition) is 2. The van der Waals surface area contributed by atoms with Crippen LogP contribution in [0.4, 0.5) is 0 Å². The monoisotopic (exact) mass is 347 g/mol. The standard InChI is InChI=1S/C14H22INO/c1-4-13(10-16-9-11(2)3)17-14-7-5-6-12(15)8-14/h5-8,11,13,16H,4,9-10H2,1-3H3. The Kier molecular flexibility index (Phi) is 6.89. The molecule has 1 atom stereocenters. The molecule has 0 saturated carbocycles. The third-order valence-corrected chi connectivity index (χ3v) is 3.15. The van der Waals surface area contributed by atoms with Crippen molar-refractivity contribution < 1.29 is 4.74 Å². The molecule has 1 rings (SSSR count). The molecule has 1 aromatic carbocycles. The molecule has 0 aromatic heterocycles. The minimum absolute atomic E-state index is 0.256. The van der Waals surface area contributed by atoms with Crippen LogP contribution in [0.1, 0.15) is 27.2 Å². The molecule has 1 unspecified atom stereocenters. The molecule has 0 radical (unpaired) electrons. The molecule has 0 heterocycles. The maximum absolute atomic E-state index is 5.96. The van der Waals surface area contributed by atoms with Gasteiger partial charge in [-0.05, 0) is 59.7 Å². The normalized spacial score (nSPS) is 12.8. The fraction of sp³-hybridized carbons (Fsp3) is 0.571. The van der Waals surface area contributed by atoms with Gasteiger partial charge in [0.2, 0.25) is 0 Å². The quantitative estimate of drug-likeness (QED) is 0.760. The Labute approximate surface area is 118 Å². The lowest BCUT2D eigenvalue weighted by molar-refractivity contribution is 0.192. The van der Waals surface area contributed by atoms with Crippen molar-refractivity contribution in [3.8, 4) is 5.75 Å². The minimum Gasteiger partial charge on any atom is -0.489 e. The van der Waals surface area contributed by atoms with E-state index in [1.165, 1.54) is 3.57 Å². The van der Waals surface area contributed by atoms with Crippen LogP contribution in [0.2, 0.25) is 0 Å². The first-order valence-electron chi connectivity index (χ1n) is 6.24. The summed E-state index contributed by atoms with van der Waals surface area (Å²) in [5.41, 5.74) is 0. The maximum atomic E-state index is 5.96. The molecule has 0 spiro atoms. The molecule has 2 nitrogen and oxygen atoms in total. The van der Waals surface area contributed by atoms with Gasteiger partial charge in [-0.1, -0.05) is 26.8 Å². The van der Waals surface area contributed by atoms with Gasteiger partial charge in [-0.25, -0.2) is 0 Å². The number of nitrogens with one attached hydrogen (secondary N) is 1. The molecule has 0 aliphatic heterocycles. The Morgan fingerprint density at radius 3 is 2.65 bits per heavy atom. The van der Waals surface area contributed by atoms with Gasteiger partial charge < -0.3 is 10.1 Å². The van der Waals surface area contributed by atoms with Gasteiger partial charge in [-0.3, -0.25) is 0 Å². The number of hydrogen-bond donors (Lipinski definition) is 1. The second-order valence-corrected chi connectivity index (χ2v) is 5.90. The lowest BCUT2D eigenvalue weighted by Crippen LogP contribution is -2.33. The lowest BCUT2D eigenvalue weighted by atomic mass is 10.2. The van der Waals surface area contributed by atoms with E-state index >= 15 is 0 Å². The first kappa shape index (κ1) is 14.8. The predicted octanol–water partition coefficient (Wildman–Crippen LogP) is 3.69. The van der Waals surface area contributed by atoms with Crippen molar-refractivity contribution in [2.45, 2.75) is 33.3 Å². The molecular formula is C14H22INO. The van der Waals surface area contributed by atoms with Crippen LogP contribution < -0.4 is 10.1 Å². The highest BCUT2D eigenvalue weighted by atomic mass is 127. The van der Waals surface area contributed by atoms with E-state index in [1.807, 2.05) is 12.1 Å². The summed E-state index contributed by atoms with van der Waals surface area (Å²) in [6.45, 7) is 8.56. The van der Waals surface area contributed by atoms with Crippen molar-refractivity contribution in [2.75, 3.05) is 13.1 Å². The average Bonchev–Trinajstić information content (AvgIpc) is 2.27. The average molecular weight is 347 g/mol. The predicted molar refractivity (Wildman–Crippen MR) is 81.6 cm³/mol. The van der Waals surface area contributed by atoms with E-state index in [-0.39, 0.29) is 6.10 Å².